The lowest BCUT2D eigenvalue weighted by Crippen LogP contribution is -2.37. The quantitative estimate of drug-likeness (QED) is 0.702. The Morgan fingerprint density at radius 1 is 1.54 bits per heavy atom. The Labute approximate surface area is 79.6 Å². The van der Waals surface area contributed by atoms with Crippen LogP contribution < -0.4 is 5.32 Å². The van der Waals surface area contributed by atoms with E-state index in [2.05, 4.69) is 17.2 Å². The Kier molecular flexibility index (Phi) is 2.71. The summed E-state index contributed by atoms with van der Waals surface area (Å²) in [6, 6.07) is 1.40. The Morgan fingerprint density at radius 3 is 3.15 bits per heavy atom. The predicted octanol–water partition coefficient (Wildman–Crippen LogP) is 1.54. The van der Waals surface area contributed by atoms with E-state index in [1.807, 2.05) is 0 Å². The van der Waals surface area contributed by atoms with Crippen LogP contribution in [0.25, 0.3) is 0 Å². The van der Waals surface area contributed by atoms with Gasteiger partial charge in [-0.3, -0.25) is 0 Å². The molecule has 2 atom stereocenters. The van der Waals surface area contributed by atoms with E-state index in [0.717, 1.165) is 25.1 Å². The van der Waals surface area contributed by atoms with Crippen molar-refractivity contribution in [1.29, 1.82) is 0 Å². The van der Waals surface area contributed by atoms with Gasteiger partial charge in [0.1, 0.15) is 6.61 Å². The van der Waals surface area contributed by atoms with E-state index in [0.29, 0.717) is 6.04 Å². The van der Waals surface area contributed by atoms with Crippen molar-refractivity contribution in [3.05, 3.63) is 0 Å². The second-order valence-electron chi connectivity index (χ2n) is 3.89. The third-order valence-electron chi connectivity index (χ3n) is 3.08. The van der Waals surface area contributed by atoms with Crippen LogP contribution in [-0.2, 0) is 4.74 Å². The summed E-state index contributed by atoms with van der Waals surface area (Å²) >= 11 is 0. The molecule has 1 saturated carbocycles. The minimum absolute atomic E-state index is 0.613. The molecule has 2 unspecified atom stereocenters. The number of ether oxygens (including phenoxy) is 1. The van der Waals surface area contributed by atoms with Gasteiger partial charge in [0, 0.05) is 6.04 Å². The number of hydrogen-bond donors (Lipinski definition) is 1. The van der Waals surface area contributed by atoms with Crippen molar-refractivity contribution in [1.82, 2.24) is 5.32 Å². The summed E-state index contributed by atoms with van der Waals surface area (Å²) in [7, 11) is 0. The van der Waals surface area contributed by atoms with Crippen LogP contribution in [0, 0.1) is 5.92 Å². The molecular formula is C10H18N2O. The van der Waals surface area contributed by atoms with Gasteiger partial charge in [-0.1, -0.05) is 19.8 Å². The molecule has 2 aliphatic rings. The first kappa shape index (κ1) is 8.85. The van der Waals surface area contributed by atoms with E-state index >= 15 is 0 Å². The summed E-state index contributed by atoms with van der Waals surface area (Å²) in [6.45, 7) is 3.85. The molecule has 1 N–H and O–H groups in total. The van der Waals surface area contributed by atoms with Gasteiger partial charge in [0.05, 0.1) is 6.54 Å². The van der Waals surface area contributed by atoms with Crippen LogP contribution in [0.15, 0.2) is 4.99 Å². The Bertz CT molecular complexity index is 203. The molecule has 0 aromatic carbocycles. The van der Waals surface area contributed by atoms with Crippen LogP contribution in [0.3, 0.4) is 0 Å². The largest absolute Gasteiger partial charge is 0.463 e. The molecule has 0 radical (unpaired) electrons. The molecule has 13 heavy (non-hydrogen) atoms. The van der Waals surface area contributed by atoms with E-state index in [9.17, 15) is 0 Å². The van der Waals surface area contributed by atoms with Gasteiger partial charge in [-0.2, -0.15) is 0 Å². The standard InChI is InChI=1S/C10H18N2O/c1-2-8-4-3-5-9(8)12-10-11-6-7-13-10/h8-9H,2-7H2,1H3,(H,11,12). The number of nitrogens with one attached hydrogen (secondary N) is 1. The fourth-order valence-corrected chi connectivity index (χ4v) is 2.30. The zero-order valence-corrected chi connectivity index (χ0v) is 8.25. The highest BCUT2D eigenvalue weighted by Gasteiger charge is 2.27. The van der Waals surface area contributed by atoms with Gasteiger partial charge in [-0.05, 0) is 18.8 Å². The lowest BCUT2D eigenvalue weighted by atomic mass is 10.0. The molecule has 2 rings (SSSR count). The molecule has 0 aromatic heterocycles. The zero-order chi connectivity index (χ0) is 9.10. The summed E-state index contributed by atoms with van der Waals surface area (Å²) in [6.07, 6.45) is 5.26. The zero-order valence-electron chi connectivity index (χ0n) is 8.25. The number of hydrogen-bond acceptors (Lipinski definition) is 3. The number of rotatable bonds is 2. The molecule has 1 aliphatic heterocycles. The van der Waals surface area contributed by atoms with Crippen LogP contribution in [0.1, 0.15) is 32.6 Å². The summed E-state index contributed by atoms with van der Waals surface area (Å²) in [5.41, 5.74) is 0. The van der Waals surface area contributed by atoms with E-state index < -0.39 is 0 Å². The molecule has 0 spiro atoms. The average molecular weight is 182 g/mol. The second-order valence-corrected chi connectivity index (χ2v) is 3.89. The number of nitrogens with zero attached hydrogens (tertiary/aromatic N) is 1. The molecule has 0 aromatic rings. The summed E-state index contributed by atoms with van der Waals surface area (Å²) < 4.78 is 5.35. The van der Waals surface area contributed by atoms with Crippen molar-refractivity contribution in [2.75, 3.05) is 13.2 Å². The molecule has 0 amide bonds. The Morgan fingerprint density at radius 2 is 2.46 bits per heavy atom. The Hall–Kier alpha value is -0.730. The molecule has 3 heteroatoms. The van der Waals surface area contributed by atoms with Gasteiger partial charge >= 0.3 is 0 Å². The van der Waals surface area contributed by atoms with Crippen LogP contribution in [0.5, 0.6) is 0 Å². The van der Waals surface area contributed by atoms with Crippen molar-refractivity contribution < 1.29 is 4.74 Å². The topological polar surface area (TPSA) is 33.6 Å². The maximum atomic E-state index is 5.35. The minimum atomic E-state index is 0.613. The minimum Gasteiger partial charge on any atom is -0.463 e. The van der Waals surface area contributed by atoms with Crippen molar-refractivity contribution in [2.24, 2.45) is 10.9 Å². The highest BCUT2D eigenvalue weighted by molar-refractivity contribution is 5.75. The molecule has 3 nitrogen and oxygen atoms in total. The average Bonchev–Trinajstić information content (AvgIpc) is 2.76. The van der Waals surface area contributed by atoms with Crippen LogP contribution in [0.4, 0.5) is 0 Å². The normalized spacial score (nSPS) is 32.8. The monoisotopic (exact) mass is 182 g/mol. The SMILES string of the molecule is CCC1CCCC1NC1=NCCO1. The highest BCUT2D eigenvalue weighted by atomic mass is 16.5. The van der Waals surface area contributed by atoms with Gasteiger partial charge in [0.15, 0.2) is 0 Å². The van der Waals surface area contributed by atoms with Crippen molar-refractivity contribution >= 4 is 6.02 Å². The first-order valence-corrected chi connectivity index (χ1v) is 5.34. The second kappa shape index (κ2) is 3.99. The van der Waals surface area contributed by atoms with Crippen molar-refractivity contribution in [3.8, 4) is 0 Å². The van der Waals surface area contributed by atoms with E-state index in [1.165, 1.54) is 25.7 Å². The third-order valence-corrected chi connectivity index (χ3v) is 3.08. The van der Waals surface area contributed by atoms with E-state index in [1.54, 1.807) is 0 Å². The number of aliphatic imine (C=N–C) groups is 1. The van der Waals surface area contributed by atoms with Gasteiger partial charge in [0.25, 0.3) is 6.02 Å². The van der Waals surface area contributed by atoms with E-state index in [4.69, 9.17) is 4.74 Å². The summed E-state index contributed by atoms with van der Waals surface area (Å²) in [5, 5.41) is 3.41. The summed E-state index contributed by atoms with van der Waals surface area (Å²) in [5.74, 6) is 0.826. The van der Waals surface area contributed by atoms with Gasteiger partial charge in [-0.25, -0.2) is 4.99 Å². The fraction of sp³-hybridized carbons (Fsp3) is 0.900. The van der Waals surface area contributed by atoms with Gasteiger partial charge in [-0.15, -0.1) is 0 Å². The lowest BCUT2D eigenvalue weighted by Gasteiger charge is -2.19. The van der Waals surface area contributed by atoms with Gasteiger partial charge < -0.3 is 10.1 Å². The molecule has 1 heterocycles. The summed E-state index contributed by atoms with van der Waals surface area (Å²) in [4.78, 5) is 4.25. The van der Waals surface area contributed by atoms with Crippen molar-refractivity contribution in [3.63, 3.8) is 0 Å². The molecule has 1 aliphatic carbocycles. The molecule has 74 valence electrons. The van der Waals surface area contributed by atoms with Crippen LogP contribution in [0.2, 0.25) is 0 Å². The number of amidine groups is 1. The third kappa shape index (κ3) is 1.95. The predicted molar refractivity (Wildman–Crippen MR) is 52.8 cm³/mol. The Balaban J connectivity index is 1.86. The molecular weight excluding hydrogens is 164 g/mol. The molecule has 0 saturated heterocycles. The molecule has 0 bridgehead atoms. The first-order chi connectivity index (χ1) is 6.40. The smallest absolute Gasteiger partial charge is 0.285 e. The van der Waals surface area contributed by atoms with Crippen LogP contribution in [-0.4, -0.2) is 25.2 Å². The first-order valence-electron chi connectivity index (χ1n) is 5.34. The van der Waals surface area contributed by atoms with E-state index in [-0.39, 0.29) is 0 Å². The highest BCUT2D eigenvalue weighted by Crippen LogP contribution is 2.28. The van der Waals surface area contributed by atoms with Crippen molar-refractivity contribution in [2.45, 2.75) is 38.6 Å². The maximum Gasteiger partial charge on any atom is 0.285 e. The maximum absolute atomic E-state index is 5.35. The molecule has 1 fully saturated rings. The van der Waals surface area contributed by atoms with Crippen LogP contribution >= 0.6 is 0 Å². The van der Waals surface area contributed by atoms with Gasteiger partial charge in [0.2, 0.25) is 0 Å². The fourth-order valence-electron chi connectivity index (χ4n) is 2.30. The lowest BCUT2D eigenvalue weighted by molar-refractivity contribution is 0.314.